The van der Waals surface area contributed by atoms with Gasteiger partial charge in [-0.2, -0.15) is 0 Å². The SMILES string of the molecule is O=C1CC2(CCN(C(=O)Cc3csc(-c4ccccc4)n3)CC2)OCCN1. The van der Waals surface area contributed by atoms with Crippen molar-refractivity contribution in [1.29, 1.82) is 0 Å². The van der Waals surface area contributed by atoms with E-state index in [4.69, 9.17) is 4.74 Å². The van der Waals surface area contributed by atoms with Crippen molar-refractivity contribution in [3.05, 3.63) is 41.4 Å². The highest BCUT2D eigenvalue weighted by Gasteiger charge is 2.39. The monoisotopic (exact) mass is 385 g/mol. The molecule has 3 heterocycles. The molecule has 0 saturated carbocycles. The van der Waals surface area contributed by atoms with Crippen LogP contribution in [0, 0.1) is 0 Å². The van der Waals surface area contributed by atoms with E-state index >= 15 is 0 Å². The maximum Gasteiger partial charge on any atom is 0.228 e. The van der Waals surface area contributed by atoms with Crippen LogP contribution in [0.3, 0.4) is 0 Å². The maximum atomic E-state index is 12.7. The van der Waals surface area contributed by atoms with Crippen molar-refractivity contribution in [2.75, 3.05) is 26.2 Å². The van der Waals surface area contributed by atoms with Crippen LogP contribution in [0.5, 0.6) is 0 Å². The van der Waals surface area contributed by atoms with E-state index < -0.39 is 5.60 Å². The standard InChI is InChI=1S/C20H23N3O3S/c24-17-13-20(26-11-8-21-17)6-9-23(10-7-20)18(25)12-16-14-27-19(22-16)15-4-2-1-3-5-15/h1-5,14H,6-13H2,(H,21,24). The number of hydrogen-bond acceptors (Lipinski definition) is 5. The number of likely N-dealkylation sites (tertiary alicyclic amines) is 1. The summed E-state index contributed by atoms with van der Waals surface area (Å²) in [5.74, 6) is 0.135. The van der Waals surface area contributed by atoms with Crippen molar-refractivity contribution in [3.63, 3.8) is 0 Å². The number of hydrogen-bond donors (Lipinski definition) is 1. The first-order chi connectivity index (χ1) is 13.1. The van der Waals surface area contributed by atoms with Crippen LogP contribution in [0.4, 0.5) is 0 Å². The van der Waals surface area contributed by atoms with Crippen LogP contribution in [0.25, 0.3) is 10.6 Å². The van der Waals surface area contributed by atoms with Crippen LogP contribution in [-0.4, -0.2) is 53.5 Å². The molecule has 2 aliphatic rings. The summed E-state index contributed by atoms with van der Waals surface area (Å²) in [6.45, 7) is 2.36. The molecule has 1 spiro atoms. The summed E-state index contributed by atoms with van der Waals surface area (Å²) in [6.07, 6.45) is 2.12. The van der Waals surface area contributed by atoms with Crippen LogP contribution < -0.4 is 5.32 Å². The third-order valence-electron chi connectivity index (χ3n) is 5.25. The Balaban J connectivity index is 1.35. The molecule has 0 unspecified atom stereocenters. The van der Waals surface area contributed by atoms with E-state index in [0.717, 1.165) is 16.3 Å². The Hall–Kier alpha value is -2.25. The summed E-state index contributed by atoms with van der Waals surface area (Å²) < 4.78 is 5.97. The van der Waals surface area contributed by atoms with E-state index in [-0.39, 0.29) is 11.8 Å². The fourth-order valence-electron chi connectivity index (χ4n) is 3.72. The number of ether oxygens (including phenoxy) is 1. The minimum Gasteiger partial charge on any atom is -0.372 e. The van der Waals surface area contributed by atoms with Gasteiger partial charge in [-0.1, -0.05) is 30.3 Å². The van der Waals surface area contributed by atoms with E-state index in [1.807, 2.05) is 40.6 Å². The molecule has 1 N–H and O–H groups in total. The fourth-order valence-corrected chi connectivity index (χ4v) is 4.54. The first kappa shape index (κ1) is 18.1. The zero-order valence-electron chi connectivity index (χ0n) is 15.1. The lowest BCUT2D eigenvalue weighted by Gasteiger charge is -2.40. The quantitative estimate of drug-likeness (QED) is 0.880. The summed E-state index contributed by atoms with van der Waals surface area (Å²) in [7, 11) is 0. The zero-order valence-corrected chi connectivity index (χ0v) is 16.0. The first-order valence-corrected chi connectivity index (χ1v) is 10.2. The summed E-state index contributed by atoms with van der Waals surface area (Å²) in [4.78, 5) is 31.0. The third kappa shape index (κ3) is 4.20. The van der Waals surface area contributed by atoms with Crippen LogP contribution >= 0.6 is 11.3 Å². The molecular weight excluding hydrogens is 362 g/mol. The van der Waals surface area contributed by atoms with Crippen molar-refractivity contribution in [2.45, 2.75) is 31.3 Å². The van der Waals surface area contributed by atoms with Gasteiger partial charge in [0.25, 0.3) is 0 Å². The van der Waals surface area contributed by atoms with Crippen molar-refractivity contribution in [3.8, 4) is 10.6 Å². The summed E-state index contributed by atoms with van der Waals surface area (Å²) in [5.41, 5.74) is 1.48. The van der Waals surface area contributed by atoms with Gasteiger partial charge in [0.15, 0.2) is 0 Å². The Labute approximate surface area is 162 Å². The molecule has 0 bridgehead atoms. The van der Waals surface area contributed by atoms with Gasteiger partial charge in [-0.3, -0.25) is 9.59 Å². The van der Waals surface area contributed by atoms with Crippen molar-refractivity contribution in [2.24, 2.45) is 0 Å². The highest BCUT2D eigenvalue weighted by molar-refractivity contribution is 7.13. The maximum absolute atomic E-state index is 12.7. The lowest BCUT2D eigenvalue weighted by molar-refractivity contribution is -0.139. The number of nitrogens with zero attached hydrogens (tertiary/aromatic N) is 2. The first-order valence-electron chi connectivity index (χ1n) is 9.32. The molecule has 2 fully saturated rings. The van der Waals surface area contributed by atoms with E-state index in [9.17, 15) is 9.59 Å². The number of aromatic nitrogens is 1. The molecule has 6 nitrogen and oxygen atoms in total. The Bertz CT molecular complexity index is 813. The Morgan fingerprint density at radius 1 is 1.26 bits per heavy atom. The molecule has 2 saturated heterocycles. The van der Waals surface area contributed by atoms with E-state index in [0.29, 0.717) is 51.9 Å². The van der Waals surface area contributed by atoms with Crippen molar-refractivity contribution >= 4 is 23.2 Å². The number of amides is 2. The largest absolute Gasteiger partial charge is 0.372 e. The van der Waals surface area contributed by atoms with Crippen LogP contribution in [0.15, 0.2) is 35.7 Å². The topological polar surface area (TPSA) is 71.5 Å². The molecule has 7 heteroatoms. The van der Waals surface area contributed by atoms with Gasteiger partial charge in [-0.15, -0.1) is 11.3 Å². The Morgan fingerprint density at radius 2 is 2.04 bits per heavy atom. The predicted molar refractivity (Wildman–Crippen MR) is 103 cm³/mol. The highest BCUT2D eigenvalue weighted by atomic mass is 32.1. The molecule has 0 radical (unpaired) electrons. The second kappa shape index (κ2) is 7.78. The van der Waals surface area contributed by atoms with Gasteiger partial charge in [0.1, 0.15) is 5.01 Å². The highest BCUT2D eigenvalue weighted by Crippen LogP contribution is 2.31. The average molecular weight is 385 g/mol. The molecule has 2 aliphatic heterocycles. The molecule has 4 rings (SSSR count). The number of benzene rings is 1. The minimum atomic E-state index is -0.404. The molecular formula is C20H23N3O3S. The van der Waals surface area contributed by atoms with Gasteiger partial charge in [0.2, 0.25) is 11.8 Å². The van der Waals surface area contributed by atoms with Gasteiger partial charge in [0.05, 0.1) is 30.7 Å². The second-order valence-electron chi connectivity index (χ2n) is 7.13. The number of rotatable bonds is 3. The molecule has 0 aliphatic carbocycles. The van der Waals surface area contributed by atoms with Gasteiger partial charge in [-0.25, -0.2) is 4.98 Å². The van der Waals surface area contributed by atoms with Gasteiger partial charge >= 0.3 is 0 Å². The number of nitrogens with one attached hydrogen (secondary N) is 1. The van der Waals surface area contributed by atoms with E-state index in [1.54, 1.807) is 11.3 Å². The average Bonchev–Trinajstić information content (AvgIpc) is 3.07. The van der Waals surface area contributed by atoms with Crippen LogP contribution in [-0.2, 0) is 20.7 Å². The number of piperidine rings is 1. The van der Waals surface area contributed by atoms with Gasteiger partial charge in [-0.05, 0) is 12.8 Å². The van der Waals surface area contributed by atoms with E-state index in [2.05, 4.69) is 10.3 Å². The normalized spacial score (nSPS) is 19.6. The predicted octanol–water partition coefficient (Wildman–Crippen LogP) is 2.25. The van der Waals surface area contributed by atoms with Crippen molar-refractivity contribution in [1.82, 2.24) is 15.2 Å². The lowest BCUT2D eigenvalue weighted by Crippen LogP contribution is -2.49. The van der Waals surface area contributed by atoms with E-state index in [1.165, 1.54) is 0 Å². The molecule has 142 valence electrons. The van der Waals surface area contributed by atoms with Crippen molar-refractivity contribution < 1.29 is 14.3 Å². The summed E-state index contributed by atoms with van der Waals surface area (Å²) in [5, 5.41) is 5.75. The fraction of sp³-hybridized carbons (Fsp3) is 0.450. The molecule has 1 aromatic carbocycles. The third-order valence-corrected chi connectivity index (χ3v) is 6.19. The molecule has 0 atom stereocenters. The second-order valence-corrected chi connectivity index (χ2v) is 7.98. The molecule has 2 aromatic rings. The van der Waals surface area contributed by atoms with Gasteiger partial charge in [0, 0.05) is 30.6 Å². The number of carbonyl (C=O) groups excluding carboxylic acids is 2. The summed E-state index contributed by atoms with van der Waals surface area (Å²) in [6, 6.07) is 10.0. The molecule has 1 aromatic heterocycles. The van der Waals surface area contributed by atoms with Crippen LogP contribution in [0.1, 0.15) is 25.0 Å². The molecule has 27 heavy (non-hydrogen) atoms. The smallest absolute Gasteiger partial charge is 0.228 e. The number of thiazole rings is 1. The van der Waals surface area contributed by atoms with Gasteiger partial charge < -0.3 is 15.0 Å². The zero-order chi connectivity index (χ0) is 18.7. The Morgan fingerprint density at radius 3 is 2.81 bits per heavy atom. The summed E-state index contributed by atoms with van der Waals surface area (Å²) >= 11 is 1.57. The van der Waals surface area contributed by atoms with Crippen LogP contribution in [0.2, 0.25) is 0 Å². The minimum absolute atomic E-state index is 0.0446. The molecule has 2 amide bonds. The Kier molecular flexibility index (Phi) is 5.22. The lowest BCUT2D eigenvalue weighted by atomic mass is 9.87. The number of carbonyl (C=O) groups is 2.